The molecule has 1 atom stereocenters. The Labute approximate surface area is 241 Å². The van der Waals surface area contributed by atoms with Crippen molar-refractivity contribution in [3.05, 3.63) is 46.1 Å². The third kappa shape index (κ3) is 7.84. The van der Waals surface area contributed by atoms with Crippen LogP contribution in [-0.4, -0.2) is 59.5 Å². The zero-order valence-electron chi connectivity index (χ0n) is 24.4. The van der Waals surface area contributed by atoms with E-state index in [2.05, 4.69) is 5.32 Å². The van der Waals surface area contributed by atoms with E-state index in [1.165, 1.54) is 0 Å². The van der Waals surface area contributed by atoms with Gasteiger partial charge in [0.15, 0.2) is 5.69 Å². The first-order chi connectivity index (χ1) is 18.6. The third-order valence-electron chi connectivity index (χ3n) is 6.07. The molecule has 0 radical (unpaired) electrons. The van der Waals surface area contributed by atoms with Gasteiger partial charge in [-0.05, 0) is 72.9 Å². The maximum absolute atomic E-state index is 13.6. The number of aromatic nitrogens is 1. The number of nitrogens with one attached hydrogen (secondary N) is 1. The summed E-state index contributed by atoms with van der Waals surface area (Å²) in [7, 11) is 0. The number of rotatable bonds is 7. The van der Waals surface area contributed by atoms with Crippen molar-refractivity contribution in [2.45, 2.75) is 85.1 Å². The summed E-state index contributed by atoms with van der Waals surface area (Å²) in [4.78, 5) is 41.4. The minimum absolute atomic E-state index is 0.0306. The Hall–Kier alpha value is -3.40. The van der Waals surface area contributed by atoms with Crippen molar-refractivity contribution < 1.29 is 28.6 Å². The van der Waals surface area contributed by atoms with Crippen LogP contribution in [0.3, 0.4) is 0 Å². The monoisotopic (exact) mass is 576 g/mol. The molecule has 1 aliphatic rings. The van der Waals surface area contributed by atoms with E-state index in [0.717, 1.165) is 5.56 Å². The van der Waals surface area contributed by atoms with E-state index in [1.54, 1.807) is 59.1 Å². The Morgan fingerprint density at radius 1 is 1.05 bits per heavy atom. The molecule has 1 aromatic heterocycles. The van der Waals surface area contributed by atoms with Gasteiger partial charge in [0, 0.05) is 24.2 Å². The summed E-state index contributed by atoms with van der Waals surface area (Å²) >= 11 is 6.51. The topological polar surface area (TPSA) is 125 Å². The van der Waals surface area contributed by atoms with Gasteiger partial charge in [0.2, 0.25) is 0 Å². The molecular weight excluding hydrogens is 536 g/mol. The van der Waals surface area contributed by atoms with Crippen LogP contribution in [0.15, 0.2) is 24.3 Å². The average molecular weight is 577 g/mol. The molecule has 2 aromatic rings. The second-order valence-corrected chi connectivity index (χ2v) is 12.2. The van der Waals surface area contributed by atoms with E-state index < -0.39 is 29.2 Å². The van der Waals surface area contributed by atoms with Gasteiger partial charge >= 0.3 is 18.0 Å². The highest BCUT2D eigenvalue weighted by atomic mass is 35.5. The molecule has 1 amide bonds. The summed E-state index contributed by atoms with van der Waals surface area (Å²) in [5, 5.41) is 3.43. The number of amides is 1. The highest BCUT2D eigenvalue weighted by Gasteiger charge is 2.37. The SMILES string of the molecule is CCOC(=O)c1c(N)c(C(=O)OC(C)(C)C)c(N2CCC[C@@H](NC(=O)OC(C)(C)C)C2)n1Cc1ccccc1Cl. The van der Waals surface area contributed by atoms with Crippen molar-refractivity contribution in [3.8, 4) is 0 Å². The predicted octanol–water partition coefficient (Wildman–Crippen LogP) is 5.40. The first-order valence-corrected chi connectivity index (χ1v) is 13.9. The molecule has 0 aliphatic carbocycles. The van der Waals surface area contributed by atoms with E-state index in [-0.39, 0.29) is 36.1 Å². The van der Waals surface area contributed by atoms with Crippen LogP contribution < -0.4 is 16.0 Å². The molecule has 0 bridgehead atoms. The maximum Gasteiger partial charge on any atom is 0.407 e. The number of hydrogen-bond acceptors (Lipinski definition) is 8. The number of carbonyl (C=O) groups is 3. The highest BCUT2D eigenvalue weighted by Crippen LogP contribution is 2.38. The minimum Gasteiger partial charge on any atom is -0.461 e. The van der Waals surface area contributed by atoms with Gasteiger partial charge < -0.3 is 34.7 Å². The highest BCUT2D eigenvalue weighted by molar-refractivity contribution is 6.31. The van der Waals surface area contributed by atoms with Crippen molar-refractivity contribution in [1.29, 1.82) is 0 Å². The molecule has 0 saturated carbocycles. The standard InChI is InChI=1S/C29H41ClN4O6/c1-8-38-26(36)23-22(31)21(25(35)39-28(2,3)4)24(34(23)16-18-12-9-10-14-20(18)30)33-15-11-13-19(17-33)32-27(37)40-29(5,6)7/h9-10,12,14,19H,8,11,13,15-17,31H2,1-7H3,(H,32,37)/t19-/m1/s1. The van der Waals surface area contributed by atoms with Crippen LogP contribution in [0.2, 0.25) is 5.02 Å². The number of carbonyl (C=O) groups excluding carboxylic acids is 3. The fraction of sp³-hybridized carbons (Fsp3) is 0.552. The number of esters is 2. The molecule has 1 saturated heterocycles. The summed E-state index contributed by atoms with van der Waals surface area (Å²) in [6.07, 6.45) is 0.896. The van der Waals surface area contributed by atoms with Gasteiger partial charge in [-0.15, -0.1) is 0 Å². The summed E-state index contributed by atoms with van der Waals surface area (Å²) in [6.45, 7) is 13.5. The van der Waals surface area contributed by atoms with E-state index in [9.17, 15) is 14.4 Å². The summed E-state index contributed by atoms with van der Waals surface area (Å²) in [5.41, 5.74) is 5.92. The summed E-state index contributed by atoms with van der Waals surface area (Å²) in [5.74, 6) is -0.917. The van der Waals surface area contributed by atoms with Crippen LogP contribution in [0, 0.1) is 0 Å². The molecule has 3 rings (SSSR count). The van der Waals surface area contributed by atoms with Crippen molar-refractivity contribution in [1.82, 2.24) is 9.88 Å². The van der Waals surface area contributed by atoms with Crippen molar-refractivity contribution in [2.75, 3.05) is 30.3 Å². The molecule has 1 aliphatic heterocycles. The molecular formula is C29H41ClN4O6. The molecule has 0 spiro atoms. The molecule has 1 aromatic carbocycles. The Balaban J connectivity index is 2.15. The number of nitrogen functional groups attached to an aromatic ring is 1. The molecule has 40 heavy (non-hydrogen) atoms. The molecule has 220 valence electrons. The van der Waals surface area contributed by atoms with Crippen molar-refractivity contribution in [3.63, 3.8) is 0 Å². The Kier molecular flexibility index (Phi) is 9.66. The number of anilines is 2. The number of nitrogens with zero attached hydrogens (tertiary/aromatic N) is 2. The third-order valence-corrected chi connectivity index (χ3v) is 6.44. The number of hydrogen-bond donors (Lipinski definition) is 2. The van der Waals surface area contributed by atoms with Gasteiger partial charge in [0.05, 0.1) is 18.8 Å². The first kappa shape index (κ1) is 31.1. The van der Waals surface area contributed by atoms with Crippen LogP contribution >= 0.6 is 11.6 Å². The fourth-order valence-electron chi connectivity index (χ4n) is 4.62. The minimum atomic E-state index is -0.807. The van der Waals surface area contributed by atoms with E-state index in [1.807, 2.05) is 23.1 Å². The number of nitrogens with two attached hydrogens (primary N) is 1. The van der Waals surface area contributed by atoms with Gasteiger partial charge in [-0.3, -0.25) is 0 Å². The molecule has 0 unspecified atom stereocenters. The van der Waals surface area contributed by atoms with Crippen molar-refractivity contribution in [2.24, 2.45) is 0 Å². The van der Waals surface area contributed by atoms with Crippen LogP contribution in [-0.2, 0) is 20.8 Å². The van der Waals surface area contributed by atoms with Gasteiger partial charge in [0.25, 0.3) is 0 Å². The second kappa shape index (κ2) is 12.4. The quantitative estimate of drug-likeness (QED) is 0.332. The molecule has 2 heterocycles. The zero-order chi connectivity index (χ0) is 29.8. The molecule has 11 heteroatoms. The Morgan fingerprint density at radius 3 is 2.30 bits per heavy atom. The second-order valence-electron chi connectivity index (χ2n) is 11.8. The lowest BCUT2D eigenvalue weighted by molar-refractivity contribution is 0.00707. The van der Waals surface area contributed by atoms with Crippen LogP contribution in [0.25, 0.3) is 0 Å². The Morgan fingerprint density at radius 2 is 1.70 bits per heavy atom. The number of alkyl carbamates (subject to hydrolysis) is 1. The summed E-state index contributed by atoms with van der Waals surface area (Å²) in [6, 6.07) is 6.98. The smallest absolute Gasteiger partial charge is 0.407 e. The maximum atomic E-state index is 13.6. The number of benzene rings is 1. The van der Waals surface area contributed by atoms with E-state index in [4.69, 9.17) is 31.5 Å². The van der Waals surface area contributed by atoms with Crippen LogP contribution in [0.4, 0.5) is 16.3 Å². The van der Waals surface area contributed by atoms with Gasteiger partial charge in [-0.25, -0.2) is 14.4 Å². The van der Waals surface area contributed by atoms with Gasteiger partial charge in [0.1, 0.15) is 22.6 Å². The first-order valence-electron chi connectivity index (χ1n) is 13.5. The lowest BCUT2D eigenvalue weighted by atomic mass is 10.0. The Bertz CT molecular complexity index is 1240. The van der Waals surface area contributed by atoms with Crippen LogP contribution in [0.1, 0.15) is 87.7 Å². The number of ether oxygens (including phenoxy) is 3. The lowest BCUT2D eigenvalue weighted by Gasteiger charge is -2.36. The number of halogens is 1. The number of piperidine rings is 1. The predicted molar refractivity (Wildman–Crippen MR) is 155 cm³/mol. The fourth-order valence-corrected chi connectivity index (χ4v) is 4.81. The normalized spacial score (nSPS) is 15.9. The van der Waals surface area contributed by atoms with E-state index >= 15 is 0 Å². The summed E-state index contributed by atoms with van der Waals surface area (Å²) < 4.78 is 18.2. The van der Waals surface area contributed by atoms with E-state index in [0.29, 0.717) is 36.8 Å². The lowest BCUT2D eigenvalue weighted by Crippen LogP contribution is -2.49. The average Bonchev–Trinajstić information content (AvgIpc) is 3.10. The van der Waals surface area contributed by atoms with Gasteiger partial charge in [-0.1, -0.05) is 29.8 Å². The zero-order valence-corrected chi connectivity index (χ0v) is 25.2. The van der Waals surface area contributed by atoms with Crippen molar-refractivity contribution >= 4 is 41.1 Å². The van der Waals surface area contributed by atoms with Gasteiger partial charge in [-0.2, -0.15) is 0 Å². The molecule has 10 nitrogen and oxygen atoms in total. The molecule has 3 N–H and O–H groups in total. The largest absolute Gasteiger partial charge is 0.461 e. The molecule has 1 fully saturated rings. The van der Waals surface area contributed by atoms with Crippen LogP contribution in [0.5, 0.6) is 0 Å².